The number of hydrogen-bond donors (Lipinski definition) is 2. The maximum Gasteiger partial charge on any atom is 0.260 e. The molecule has 0 fully saturated rings. The molecule has 112 valence electrons. The molecule has 1 aromatic rings. The van der Waals surface area contributed by atoms with E-state index in [9.17, 15) is 4.79 Å². The second-order valence-electron chi connectivity index (χ2n) is 4.93. The molecule has 0 aromatic heterocycles. The molecule has 0 aliphatic carbocycles. The fourth-order valence-corrected chi connectivity index (χ4v) is 1.75. The molecule has 0 bridgehead atoms. The SMILES string of the molecule is CNCc1ccc(OC)cc1OC(C)C(=O)NC(C)C. The predicted octanol–water partition coefficient (Wildman–Crippen LogP) is 1.71. The van der Waals surface area contributed by atoms with E-state index in [1.807, 2.05) is 33.0 Å². The van der Waals surface area contributed by atoms with Gasteiger partial charge in [0.25, 0.3) is 5.91 Å². The van der Waals surface area contributed by atoms with E-state index >= 15 is 0 Å². The van der Waals surface area contributed by atoms with E-state index < -0.39 is 6.10 Å². The maximum atomic E-state index is 11.9. The van der Waals surface area contributed by atoms with Crippen LogP contribution in [0.4, 0.5) is 0 Å². The molecule has 0 aliphatic heterocycles. The molecule has 0 aliphatic rings. The van der Waals surface area contributed by atoms with Gasteiger partial charge in [-0.3, -0.25) is 4.79 Å². The first-order chi connectivity index (χ1) is 9.47. The number of methoxy groups -OCH3 is 1. The minimum atomic E-state index is -0.555. The lowest BCUT2D eigenvalue weighted by Gasteiger charge is -2.19. The van der Waals surface area contributed by atoms with Crippen molar-refractivity contribution in [3.63, 3.8) is 0 Å². The summed E-state index contributed by atoms with van der Waals surface area (Å²) in [5.74, 6) is 1.24. The molecular weight excluding hydrogens is 256 g/mol. The van der Waals surface area contributed by atoms with Crippen LogP contribution >= 0.6 is 0 Å². The van der Waals surface area contributed by atoms with E-state index in [1.165, 1.54) is 0 Å². The lowest BCUT2D eigenvalue weighted by atomic mass is 10.2. The monoisotopic (exact) mass is 280 g/mol. The molecule has 0 heterocycles. The normalized spacial score (nSPS) is 12.1. The molecule has 0 radical (unpaired) electrons. The van der Waals surface area contributed by atoms with E-state index in [4.69, 9.17) is 9.47 Å². The van der Waals surface area contributed by atoms with Gasteiger partial charge in [0, 0.05) is 24.2 Å². The van der Waals surface area contributed by atoms with Crippen LogP contribution in [-0.4, -0.2) is 32.2 Å². The highest BCUT2D eigenvalue weighted by Gasteiger charge is 2.17. The van der Waals surface area contributed by atoms with Crippen LogP contribution in [0.3, 0.4) is 0 Å². The summed E-state index contributed by atoms with van der Waals surface area (Å²) < 4.78 is 11.0. The maximum absolute atomic E-state index is 11.9. The van der Waals surface area contributed by atoms with E-state index in [2.05, 4.69) is 10.6 Å². The Kier molecular flexibility index (Phi) is 6.31. The van der Waals surface area contributed by atoms with Crippen LogP contribution in [0, 0.1) is 0 Å². The summed E-state index contributed by atoms with van der Waals surface area (Å²) >= 11 is 0. The van der Waals surface area contributed by atoms with Crippen LogP contribution in [0.1, 0.15) is 26.3 Å². The third kappa shape index (κ3) is 4.74. The zero-order chi connectivity index (χ0) is 15.1. The van der Waals surface area contributed by atoms with Crippen molar-refractivity contribution in [2.45, 2.75) is 39.5 Å². The van der Waals surface area contributed by atoms with Gasteiger partial charge >= 0.3 is 0 Å². The van der Waals surface area contributed by atoms with E-state index in [0.717, 1.165) is 5.56 Å². The predicted molar refractivity (Wildman–Crippen MR) is 79.1 cm³/mol. The molecule has 20 heavy (non-hydrogen) atoms. The summed E-state index contributed by atoms with van der Waals surface area (Å²) in [6, 6.07) is 5.69. The van der Waals surface area contributed by atoms with Gasteiger partial charge in [0.1, 0.15) is 11.5 Å². The van der Waals surface area contributed by atoms with Gasteiger partial charge in [-0.2, -0.15) is 0 Å². The Morgan fingerprint density at radius 2 is 2.00 bits per heavy atom. The highest BCUT2D eigenvalue weighted by atomic mass is 16.5. The molecule has 1 amide bonds. The second kappa shape index (κ2) is 7.75. The third-order valence-corrected chi connectivity index (χ3v) is 2.75. The summed E-state index contributed by atoms with van der Waals surface area (Å²) in [4.78, 5) is 11.9. The Morgan fingerprint density at radius 3 is 2.55 bits per heavy atom. The van der Waals surface area contributed by atoms with Crippen molar-refractivity contribution >= 4 is 5.91 Å². The van der Waals surface area contributed by atoms with Crippen LogP contribution in [0.5, 0.6) is 11.5 Å². The molecule has 1 rings (SSSR count). The first-order valence-electron chi connectivity index (χ1n) is 6.76. The van der Waals surface area contributed by atoms with Crippen LogP contribution in [-0.2, 0) is 11.3 Å². The highest BCUT2D eigenvalue weighted by Crippen LogP contribution is 2.25. The minimum absolute atomic E-state index is 0.0932. The van der Waals surface area contributed by atoms with E-state index in [-0.39, 0.29) is 11.9 Å². The van der Waals surface area contributed by atoms with Gasteiger partial charge < -0.3 is 20.1 Å². The molecule has 1 atom stereocenters. The zero-order valence-electron chi connectivity index (χ0n) is 12.8. The fraction of sp³-hybridized carbons (Fsp3) is 0.533. The van der Waals surface area contributed by atoms with Gasteiger partial charge in [0.15, 0.2) is 6.10 Å². The summed E-state index contributed by atoms with van der Waals surface area (Å²) in [5, 5.41) is 5.91. The lowest BCUT2D eigenvalue weighted by molar-refractivity contribution is -0.127. The molecule has 5 nitrogen and oxygen atoms in total. The van der Waals surface area contributed by atoms with Crippen molar-refractivity contribution in [1.82, 2.24) is 10.6 Å². The first-order valence-corrected chi connectivity index (χ1v) is 6.76. The third-order valence-electron chi connectivity index (χ3n) is 2.75. The lowest BCUT2D eigenvalue weighted by Crippen LogP contribution is -2.40. The number of amides is 1. The number of ether oxygens (including phenoxy) is 2. The summed E-state index contributed by atoms with van der Waals surface area (Å²) in [6.45, 7) is 6.24. The standard InChI is InChI=1S/C15H24N2O3/c1-10(2)17-15(18)11(3)20-14-8-13(19-5)7-6-12(14)9-16-4/h6-8,10-11,16H,9H2,1-5H3,(H,17,18). The number of hydrogen-bond acceptors (Lipinski definition) is 4. The number of rotatable bonds is 7. The van der Waals surface area contributed by atoms with Gasteiger partial charge in [0.2, 0.25) is 0 Å². The van der Waals surface area contributed by atoms with Crippen molar-refractivity contribution in [1.29, 1.82) is 0 Å². The topological polar surface area (TPSA) is 59.6 Å². The van der Waals surface area contributed by atoms with Gasteiger partial charge in [-0.05, 0) is 33.9 Å². The van der Waals surface area contributed by atoms with Gasteiger partial charge in [-0.15, -0.1) is 0 Å². The number of carbonyl (C=O) groups is 1. The van der Waals surface area contributed by atoms with Crippen molar-refractivity contribution in [3.8, 4) is 11.5 Å². The van der Waals surface area contributed by atoms with Crippen LogP contribution in [0.25, 0.3) is 0 Å². The smallest absolute Gasteiger partial charge is 0.260 e. The molecule has 2 N–H and O–H groups in total. The molecule has 0 saturated carbocycles. The highest BCUT2D eigenvalue weighted by molar-refractivity contribution is 5.81. The minimum Gasteiger partial charge on any atom is -0.497 e. The largest absolute Gasteiger partial charge is 0.497 e. The van der Waals surface area contributed by atoms with E-state index in [1.54, 1.807) is 20.1 Å². The molecule has 5 heteroatoms. The van der Waals surface area contributed by atoms with Crippen LogP contribution in [0.2, 0.25) is 0 Å². The molecule has 1 unspecified atom stereocenters. The number of carbonyl (C=O) groups excluding carboxylic acids is 1. The Bertz CT molecular complexity index is 447. The quantitative estimate of drug-likeness (QED) is 0.798. The van der Waals surface area contributed by atoms with Gasteiger partial charge in [-0.1, -0.05) is 6.07 Å². The Labute approximate surface area is 120 Å². The first kappa shape index (κ1) is 16.3. The number of nitrogens with one attached hydrogen (secondary N) is 2. The zero-order valence-corrected chi connectivity index (χ0v) is 12.8. The van der Waals surface area contributed by atoms with Crippen molar-refractivity contribution in [2.75, 3.05) is 14.2 Å². The van der Waals surface area contributed by atoms with Gasteiger partial charge in [-0.25, -0.2) is 0 Å². The van der Waals surface area contributed by atoms with Crippen LogP contribution in [0.15, 0.2) is 18.2 Å². The Morgan fingerprint density at radius 1 is 1.30 bits per heavy atom. The average molecular weight is 280 g/mol. The molecule has 1 aromatic carbocycles. The van der Waals surface area contributed by atoms with E-state index in [0.29, 0.717) is 18.0 Å². The molecule has 0 spiro atoms. The number of benzene rings is 1. The van der Waals surface area contributed by atoms with Crippen LogP contribution < -0.4 is 20.1 Å². The Hall–Kier alpha value is -1.75. The van der Waals surface area contributed by atoms with Crippen molar-refractivity contribution in [2.24, 2.45) is 0 Å². The van der Waals surface area contributed by atoms with Crippen molar-refractivity contribution in [3.05, 3.63) is 23.8 Å². The second-order valence-corrected chi connectivity index (χ2v) is 4.93. The Balaban J connectivity index is 2.85. The summed E-state index contributed by atoms with van der Waals surface area (Å²) in [7, 11) is 3.47. The van der Waals surface area contributed by atoms with Crippen molar-refractivity contribution < 1.29 is 14.3 Å². The summed E-state index contributed by atoms with van der Waals surface area (Å²) in [6.07, 6.45) is -0.555. The fourth-order valence-electron chi connectivity index (χ4n) is 1.75. The van der Waals surface area contributed by atoms with Gasteiger partial charge in [0.05, 0.1) is 7.11 Å². The molecular formula is C15H24N2O3. The average Bonchev–Trinajstić information content (AvgIpc) is 2.40. The summed E-state index contributed by atoms with van der Waals surface area (Å²) in [5.41, 5.74) is 0.984. The molecule has 0 saturated heterocycles.